The zero-order valence-corrected chi connectivity index (χ0v) is 12.8. The van der Waals surface area contributed by atoms with Crippen LogP contribution in [-0.4, -0.2) is 50.2 Å². The minimum Gasteiger partial charge on any atom is -0.353 e. The highest BCUT2D eigenvalue weighted by Crippen LogP contribution is 2.25. The minimum absolute atomic E-state index is 0.0653. The van der Waals surface area contributed by atoms with Gasteiger partial charge in [0.05, 0.1) is 6.04 Å². The molecule has 0 bridgehead atoms. The molecule has 6 heteroatoms. The molecule has 1 aliphatic heterocycles. The van der Waals surface area contributed by atoms with E-state index in [4.69, 9.17) is 0 Å². The van der Waals surface area contributed by atoms with E-state index in [1.807, 2.05) is 18.4 Å². The van der Waals surface area contributed by atoms with Gasteiger partial charge in [-0.05, 0) is 40.5 Å². The average Bonchev–Trinajstić information content (AvgIpc) is 2.96. The number of amides is 1. The van der Waals surface area contributed by atoms with E-state index in [0.717, 1.165) is 5.82 Å². The van der Waals surface area contributed by atoms with E-state index < -0.39 is 0 Å². The number of aryl methyl sites for hydroxylation is 1. The first-order valence-corrected chi connectivity index (χ1v) is 7.40. The monoisotopic (exact) mass is 279 g/mol. The largest absolute Gasteiger partial charge is 0.353 e. The summed E-state index contributed by atoms with van der Waals surface area (Å²) in [5.74, 6) is 0.977. The first-order valence-electron chi connectivity index (χ1n) is 7.40. The Bertz CT molecular complexity index is 448. The van der Waals surface area contributed by atoms with Crippen LogP contribution in [0.3, 0.4) is 0 Å². The summed E-state index contributed by atoms with van der Waals surface area (Å²) in [4.78, 5) is 14.6. The van der Waals surface area contributed by atoms with Crippen molar-refractivity contribution in [3.8, 4) is 0 Å². The number of aromatic nitrogens is 3. The van der Waals surface area contributed by atoms with Crippen LogP contribution in [0.2, 0.25) is 0 Å². The number of carbonyl (C=O) groups is 1. The van der Waals surface area contributed by atoms with Gasteiger partial charge in [0.15, 0.2) is 0 Å². The van der Waals surface area contributed by atoms with Crippen LogP contribution in [0.5, 0.6) is 0 Å². The maximum absolute atomic E-state index is 12.2. The summed E-state index contributed by atoms with van der Waals surface area (Å²) in [5, 5.41) is 10.8. The summed E-state index contributed by atoms with van der Waals surface area (Å²) in [5.41, 5.74) is 0. The minimum atomic E-state index is -0.0653. The number of hydrogen-bond donors (Lipinski definition) is 1. The van der Waals surface area contributed by atoms with Gasteiger partial charge >= 0.3 is 0 Å². The standard InChI is InChI=1S/C14H25N5O/c1-10-5-6-11(2)19(10)12(3)14(20)15-7-8-18-9-16-17-13(18)4/h9-12H,5-8H2,1-4H3,(H,15,20). The number of hydrogen-bond acceptors (Lipinski definition) is 4. The Balaban J connectivity index is 1.81. The SMILES string of the molecule is Cc1nncn1CCNC(=O)C(C)N1C(C)CCC1C. The zero-order chi connectivity index (χ0) is 14.7. The van der Waals surface area contributed by atoms with E-state index in [9.17, 15) is 4.79 Å². The van der Waals surface area contributed by atoms with Crippen molar-refractivity contribution in [3.05, 3.63) is 12.2 Å². The smallest absolute Gasteiger partial charge is 0.237 e. The fourth-order valence-corrected chi connectivity index (χ4v) is 3.09. The topological polar surface area (TPSA) is 63.1 Å². The maximum atomic E-state index is 12.2. The van der Waals surface area contributed by atoms with Gasteiger partial charge in [0.2, 0.25) is 5.91 Å². The van der Waals surface area contributed by atoms with Gasteiger partial charge in [0.1, 0.15) is 12.2 Å². The molecule has 112 valence electrons. The lowest BCUT2D eigenvalue weighted by Crippen LogP contribution is -2.49. The molecule has 0 spiro atoms. The first-order chi connectivity index (χ1) is 9.50. The predicted molar refractivity (Wildman–Crippen MR) is 77.2 cm³/mol. The van der Waals surface area contributed by atoms with Crippen LogP contribution in [0, 0.1) is 6.92 Å². The number of nitrogens with one attached hydrogen (secondary N) is 1. The van der Waals surface area contributed by atoms with Crippen molar-refractivity contribution in [2.24, 2.45) is 0 Å². The van der Waals surface area contributed by atoms with Gasteiger partial charge in [-0.2, -0.15) is 0 Å². The van der Waals surface area contributed by atoms with Crippen molar-refractivity contribution in [1.29, 1.82) is 0 Å². The molecule has 3 atom stereocenters. The van der Waals surface area contributed by atoms with Crippen LogP contribution in [-0.2, 0) is 11.3 Å². The Labute approximate surface area is 120 Å². The summed E-state index contributed by atoms with van der Waals surface area (Å²) in [6.07, 6.45) is 4.05. The van der Waals surface area contributed by atoms with E-state index >= 15 is 0 Å². The molecule has 1 amide bonds. The van der Waals surface area contributed by atoms with Gasteiger partial charge in [-0.25, -0.2) is 0 Å². The number of carbonyl (C=O) groups excluding carboxylic acids is 1. The van der Waals surface area contributed by atoms with Gasteiger partial charge in [0, 0.05) is 25.2 Å². The molecule has 1 N–H and O–H groups in total. The van der Waals surface area contributed by atoms with Crippen molar-refractivity contribution >= 4 is 5.91 Å². The number of likely N-dealkylation sites (tertiary alicyclic amines) is 1. The van der Waals surface area contributed by atoms with Crippen molar-refractivity contribution in [3.63, 3.8) is 0 Å². The summed E-state index contributed by atoms with van der Waals surface area (Å²) in [6.45, 7) is 9.63. The fraction of sp³-hybridized carbons (Fsp3) is 0.786. The fourth-order valence-electron chi connectivity index (χ4n) is 3.09. The van der Waals surface area contributed by atoms with Gasteiger partial charge in [-0.15, -0.1) is 10.2 Å². The van der Waals surface area contributed by atoms with E-state index in [1.54, 1.807) is 6.33 Å². The van der Waals surface area contributed by atoms with Gasteiger partial charge < -0.3 is 9.88 Å². The molecule has 1 saturated heterocycles. The molecule has 1 aromatic heterocycles. The Kier molecular flexibility index (Phi) is 4.75. The lowest BCUT2D eigenvalue weighted by molar-refractivity contribution is -0.126. The highest BCUT2D eigenvalue weighted by atomic mass is 16.2. The molecule has 0 saturated carbocycles. The van der Waals surface area contributed by atoms with Crippen LogP contribution in [0.15, 0.2) is 6.33 Å². The Morgan fingerprint density at radius 3 is 2.65 bits per heavy atom. The number of nitrogens with zero attached hydrogens (tertiary/aromatic N) is 4. The van der Waals surface area contributed by atoms with Crippen LogP contribution in [0.25, 0.3) is 0 Å². The Morgan fingerprint density at radius 1 is 1.45 bits per heavy atom. The molecule has 2 rings (SSSR count). The third-order valence-corrected chi connectivity index (χ3v) is 4.31. The van der Waals surface area contributed by atoms with E-state index in [2.05, 4.69) is 34.3 Å². The summed E-state index contributed by atoms with van der Waals surface area (Å²) in [6, 6.07) is 0.918. The van der Waals surface area contributed by atoms with Gasteiger partial charge in [-0.3, -0.25) is 9.69 Å². The highest BCUT2D eigenvalue weighted by Gasteiger charge is 2.34. The van der Waals surface area contributed by atoms with E-state index in [-0.39, 0.29) is 11.9 Å². The first kappa shape index (κ1) is 15.0. The van der Waals surface area contributed by atoms with Gasteiger partial charge in [0.25, 0.3) is 0 Å². The summed E-state index contributed by atoms with van der Waals surface area (Å²) < 4.78 is 1.94. The van der Waals surface area contributed by atoms with Crippen molar-refractivity contribution < 1.29 is 4.79 Å². The molecular weight excluding hydrogens is 254 g/mol. The molecule has 2 heterocycles. The molecular formula is C14H25N5O. The van der Waals surface area contributed by atoms with Crippen molar-refractivity contribution in [1.82, 2.24) is 25.0 Å². The number of rotatable bonds is 5. The molecule has 6 nitrogen and oxygen atoms in total. The Morgan fingerprint density at radius 2 is 2.10 bits per heavy atom. The van der Waals surface area contributed by atoms with E-state index in [0.29, 0.717) is 25.2 Å². The zero-order valence-electron chi connectivity index (χ0n) is 12.8. The molecule has 1 aromatic rings. The third kappa shape index (κ3) is 3.17. The highest BCUT2D eigenvalue weighted by molar-refractivity contribution is 5.81. The maximum Gasteiger partial charge on any atom is 0.237 e. The van der Waals surface area contributed by atoms with Crippen LogP contribution < -0.4 is 5.32 Å². The average molecular weight is 279 g/mol. The normalized spacial score (nSPS) is 24.8. The molecule has 20 heavy (non-hydrogen) atoms. The van der Waals surface area contributed by atoms with E-state index in [1.165, 1.54) is 12.8 Å². The molecule has 1 aliphatic rings. The predicted octanol–water partition coefficient (Wildman–Crippen LogP) is 0.964. The van der Waals surface area contributed by atoms with Crippen LogP contribution >= 0.6 is 0 Å². The van der Waals surface area contributed by atoms with Crippen molar-refractivity contribution in [2.75, 3.05) is 6.54 Å². The molecule has 0 radical (unpaired) electrons. The molecule has 0 aliphatic carbocycles. The third-order valence-electron chi connectivity index (χ3n) is 4.31. The molecule has 1 fully saturated rings. The summed E-state index contributed by atoms with van der Waals surface area (Å²) >= 11 is 0. The second-order valence-electron chi connectivity index (χ2n) is 5.76. The second kappa shape index (κ2) is 6.35. The lowest BCUT2D eigenvalue weighted by atomic mass is 10.2. The van der Waals surface area contributed by atoms with Gasteiger partial charge in [-0.1, -0.05) is 0 Å². The van der Waals surface area contributed by atoms with Crippen molar-refractivity contribution in [2.45, 2.75) is 65.2 Å². The lowest BCUT2D eigenvalue weighted by Gasteiger charge is -2.31. The quantitative estimate of drug-likeness (QED) is 0.872. The van der Waals surface area contributed by atoms with Crippen LogP contribution in [0.1, 0.15) is 39.4 Å². The molecule has 0 aromatic carbocycles. The Hall–Kier alpha value is -1.43. The second-order valence-corrected chi connectivity index (χ2v) is 5.76. The van der Waals surface area contributed by atoms with Crippen LogP contribution in [0.4, 0.5) is 0 Å². The molecule has 3 unspecified atom stereocenters. The summed E-state index contributed by atoms with van der Waals surface area (Å²) in [7, 11) is 0.